The van der Waals surface area contributed by atoms with Crippen molar-refractivity contribution in [2.24, 2.45) is 0 Å². The van der Waals surface area contributed by atoms with Crippen LogP contribution >= 0.6 is 15.9 Å². The van der Waals surface area contributed by atoms with Gasteiger partial charge in [-0.15, -0.1) is 0 Å². The molecule has 0 aromatic heterocycles. The van der Waals surface area contributed by atoms with Gasteiger partial charge in [0, 0.05) is 11.6 Å². The Morgan fingerprint density at radius 3 is 2.53 bits per heavy atom. The Morgan fingerprint density at radius 1 is 1.21 bits per heavy atom. The van der Waals surface area contributed by atoms with Gasteiger partial charge in [-0.3, -0.25) is 4.79 Å². The highest BCUT2D eigenvalue weighted by atomic mass is 79.9. The molecule has 0 aliphatic carbocycles. The molecule has 0 amide bonds. The summed E-state index contributed by atoms with van der Waals surface area (Å²) in [5.41, 5.74) is 0.722. The fourth-order valence-electron chi connectivity index (χ4n) is 1.85. The number of carbonyl (C=O) groups is 1. The van der Waals surface area contributed by atoms with Gasteiger partial charge in [0.05, 0.1) is 5.56 Å². The number of hydrogen-bond acceptors (Lipinski definition) is 2. The lowest BCUT2D eigenvalue weighted by Crippen LogP contribution is -2.16. The fourth-order valence-corrected chi connectivity index (χ4v) is 2.21. The Hall–Kier alpha value is -1.52. The number of ketones is 1. The summed E-state index contributed by atoms with van der Waals surface area (Å²) in [7, 11) is 1.44. The highest BCUT2D eigenvalue weighted by molar-refractivity contribution is 9.10. The van der Waals surface area contributed by atoms with Crippen molar-refractivity contribution < 1.29 is 13.9 Å². The molecule has 0 heterocycles. The first-order valence-corrected chi connectivity index (χ1v) is 6.50. The third kappa shape index (κ3) is 3.08. The Balaban J connectivity index is 2.39. The zero-order valence-corrected chi connectivity index (χ0v) is 11.9. The molecular weight excluding hydrogens is 311 g/mol. The van der Waals surface area contributed by atoms with Crippen LogP contribution in [0.25, 0.3) is 0 Å². The molecule has 0 fully saturated rings. The number of hydrogen-bond donors (Lipinski definition) is 0. The van der Waals surface area contributed by atoms with Crippen LogP contribution in [0.2, 0.25) is 0 Å². The smallest absolute Gasteiger partial charge is 0.199 e. The standard InChI is InChI=1S/C15H12BrFO2/c1-19-15(10-5-3-2-4-6-10)14(18)12-9-11(16)7-8-13(12)17/h2-9,15H,1H3. The van der Waals surface area contributed by atoms with Crippen LogP contribution in [-0.2, 0) is 4.74 Å². The molecular formula is C15H12BrFO2. The minimum absolute atomic E-state index is 0.0186. The largest absolute Gasteiger partial charge is 0.369 e. The van der Waals surface area contributed by atoms with Crippen molar-refractivity contribution in [1.82, 2.24) is 0 Å². The second kappa shape index (κ2) is 6.08. The number of halogens is 2. The number of benzene rings is 2. The molecule has 1 unspecified atom stereocenters. The maximum atomic E-state index is 13.7. The van der Waals surface area contributed by atoms with Crippen LogP contribution in [0.15, 0.2) is 53.0 Å². The van der Waals surface area contributed by atoms with Crippen LogP contribution in [0.4, 0.5) is 4.39 Å². The second-order valence-electron chi connectivity index (χ2n) is 4.01. The second-order valence-corrected chi connectivity index (χ2v) is 4.93. The Morgan fingerprint density at radius 2 is 1.89 bits per heavy atom. The third-order valence-corrected chi connectivity index (χ3v) is 3.26. The topological polar surface area (TPSA) is 26.3 Å². The third-order valence-electron chi connectivity index (χ3n) is 2.77. The molecule has 2 rings (SSSR count). The highest BCUT2D eigenvalue weighted by Gasteiger charge is 2.24. The van der Waals surface area contributed by atoms with E-state index in [9.17, 15) is 9.18 Å². The van der Waals surface area contributed by atoms with Crippen molar-refractivity contribution in [2.45, 2.75) is 6.10 Å². The Kier molecular flexibility index (Phi) is 4.45. The summed E-state index contributed by atoms with van der Waals surface area (Å²) >= 11 is 3.23. The first kappa shape index (κ1) is 13.9. The quantitative estimate of drug-likeness (QED) is 0.790. The monoisotopic (exact) mass is 322 g/mol. The van der Waals surface area contributed by atoms with Crippen LogP contribution in [0.3, 0.4) is 0 Å². The van der Waals surface area contributed by atoms with Gasteiger partial charge < -0.3 is 4.74 Å². The summed E-state index contributed by atoms with van der Waals surface area (Å²) in [4.78, 5) is 12.4. The van der Waals surface area contributed by atoms with Gasteiger partial charge in [-0.05, 0) is 23.8 Å². The lowest BCUT2D eigenvalue weighted by molar-refractivity contribution is 0.0600. The molecule has 0 aliphatic rings. The molecule has 0 aliphatic heterocycles. The minimum Gasteiger partial charge on any atom is -0.369 e. The first-order valence-electron chi connectivity index (χ1n) is 5.70. The van der Waals surface area contributed by atoms with Crippen LogP contribution in [0.1, 0.15) is 22.0 Å². The Bertz CT molecular complexity index is 584. The molecule has 0 radical (unpaired) electrons. The molecule has 0 spiro atoms. The number of carbonyl (C=O) groups excluding carboxylic acids is 1. The fraction of sp³-hybridized carbons (Fsp3) is 0.133. The van der Waals surface area contributed by atoms with Crippen LogP contribution in [0, 0.1) is 5.82 Å². The lowest BCUT2D eigenvalue weighted by Gasteiger charge is -2.15. The first-order chi connectivity index (χ1) is 9.13. The summed E-state index contributed by atoms with van der Waals surface area (Å²) in [6.07, 6.45) is -0.801. The van der Waals surface area contributed by atoms with Gasteiger partial charge in [-0.1, -0.05) is 46.3 Å². The summed E-state index contributed by atoms with van der Waals surface area (Å²) in [5, 5.41) is 0. The van der Waals surface area contributed by atoms with E-state index < -0.39 is 17.7 Å². The predicted octanol–water partition coefficient (Wildman–Crippen LogP) is 4.16. The van der Waals surface area contributed by atoms with Crippen LogP contribution in [0.5, 0.6) is 0 Å². The Labute approximate surface area is 119 Å². The van der Waals surface area contributed by atoms with Gasteiger partial charge in [0.2, 0.25) is 0 Å². The SMILES string of the molecule is COC(C(=O)c1cc(Br)ccc1F)c1ccccc1. The molecule has 2 aromatic rings. The van der Waals surface area contributed by atoms with Crippen molar-refractivity contribution in [1.29, 1.82) is 0 Å². The number of methoxy groups -OCH3 is 1. The van der Waals surface area contributed by atoms with Gasteiger partial charge >= 0.3 is 0 Å². The van der Waals surface area contributed by atoms with Crippen molar-refractivity contribution in [3.05, 3.63) is 69.9 Å². The van der Waals surface area contributed by atoms with E-state index in [1.807, 2.05) is 18.2 Å². The van der Waals surface area contributed by atoms with Gasteiger partial charge in [0.1, 0.15) is 11.9 Å². The lowest BCUT2D eigenvalue weighted by atomic mass is 9.99. The van der Waals surface area contributed by atoms with E-state index >= 15 is 0 Å². The molecule has 0 N–H and O–H groups in total. The molecule has 1 atom stereocenters. The van der Waals surface area contributed by atoms with E-state index in [0.717, 1.165) is 0 Å². The van der Waals surface area contributed by atoms with Crippen molar-refractivity contribution in [2.75, 3.05) is 7.11 Å². The van der Waals surface area contributed by atoms with E-state index in [1.165, 1.54) is 19.2 Å². The van der Waals surface area contributed by atoms with E-state index in [0.29, 0.717) is 10.0 Å². The zero-order valence-electron chi connectivity index (χ0n) is 10.3. The molecule has 0 saturated heterocycles. The van der Waals surface area contributed by atoms with Gasteiger partial charge in [0.25, 0.3) is 0 Å². The van der Waals surface area contributed by atoms with Gasteiger partial charge in [-0.25, -0.2) is 4.39 Å². The zero-order chi connectivity index (χ0) is 13.8. The molecule has 19 heavy (non-hydrogen) atoms. The summed E-state index contributed by atoms with van der Waals surface area (Å²) in [6, 6.07) is 13.3. The number of rotatable bonds is 4. The molecule has 4 heteroatoms. The number of ether oxygens (including phenoxy) is 1. The predicted molar refractivity (Wildman–Crippen MR) is 74.6 cm³/mol. The maximum Gasteiger partial charge on any atom is 0.199 e. The molecule has 2 aromatic carbocycles. The van der Waals surface area contributed by atoms with Gasteiger partial charge in [-0.2, -0.15) is 0 Å². The normalized spacial score (nSPS) is 12.2. The average Bonchev–Trinajstić information content (AvgIpc) is 2.43. The van der Waals surface area contributed by atoms with E-state index in [1.54, 1.807) is 18.2 Å². The van der Waals surface area contributed by atoms with E-state index in [4.69, 9.17) is 4.74 Å². The summed E-state index contributed by atoms with van der Waals surface area (Å²) in [5.74, 6) is -0.946. The maximum absolute atomic E-state index is 13.7. The van der Waals surface area contributed by atoms with Gasteiger partial charge in [0.15, 0.2) is 5.78 Å². The highest BCUT2D eigenvalue weighted by Crippen LogP contribution is 2.25. The number of Topliss-reactive ketones (excluding diaryl/α,β-unsaturated/α-hetero) is 1. The van der Waals surface area contributed by atoms with E-state index in [-0.39, 0.29) is 5.56 Å². The molecule has 98 valence electrons. The molecule has 0 bridgehead atoms. The minimum atomic E-state index is -0.801. The molecule has 2 nitrogen and oxygen atoms in total. The van der Waals surface area contributed by atoms with Crippen molar-refractivity contribution in [3.63, 3.8) is 0 Å². The molecule has 0 saturated carbocycles. The summed E-state index contributed by atoms with van der Waals surface area (Å²) in [6.45, 7) is 0. The average molecular weight is 323 g/mol. The van der Waals surface area contributed by atoms with Crippen LogP contribution in [-0.4, -0.2) is 12.9 Å². The summed E-state index contributed by atoms with van der Waals surface area (Å²) < 4.78 is 19.6. The van der Waals surface area contributed by atoms with Crippen LogP contribution < -0.4 is 0 Å². The van der Waals surface area contributed by atoms with Crippen molar-refractivity contribution >= 4 is 21.7 Å². The van der Waals surface area contributed by atoms with Crippen molar-refractivity contribution in [3.8, 4) is 0 Å². The van der Waals surface area contributed by atoms with E-state index in [2.05, 4.69) is 15.9 Å².